The van der Waals surface area contributed by atoms with E-state index < -0.39 is 0 Å². The second kappa shape index (κ2) is 7.20. The van der Waals surface area contributed by atoms with Crippen LogP contribution in [0.5, 0.6) is 6.01 Å². The maximum absolute atomic E-state index is 5.44. The number of rotatable bonds is 6. The Morgan fingerprint density at radius 2 is 1.95 bits per heavy atom. The van der Waals surface area contributed by atoms with E-state index in [-0.39, 0.29) is 0 Å². The predicted molar refractivity (Wildman–Crippen MR) is 77.6 cm³/mol. The Kier molecular flexibility index (Phi) is 5.31. The Labute approximate surface area is 119 Å². The number of hydrogen-bond donors (Lipinski definition) is 3. The second-order valence-corrected chi connectivity index (χ2v) is 4.98. The third-order valence-corrected chi connectivity index (χ3v) is 3.23. The number of nitrogens with zero attached hydrogens (tertiary/aromatic N) is 4. The first-order chi connectivity index (χ1) is 9.71. The Bertz CT molecular complexity index is 420. The summed E-state index contributed by atoms with van der Waals surface area (Å²) in [6.07, 6.45) is 3.03. The minimum atomic E-state index is 0.297. The Morgan fingerprint density at radius 3 is 2.60 bits per heavy atom. The van der Waals surface area contributed by atoms with Gasteiger partial charge in [-0.25, -0.2) is 5.84 Å². The maximum atomic E-state index is 5.44. The number of nitrogen functional groups attached to an aromatic ring is 1. The SMILES string of the molecule is CCCOc1nc(NN)nc(NC2CCN(C)CC2)n1. The molecule has 0 bridgehead atoms. The van der Waals surface area contributed by atoms with Crippen LogP contribution in [0.3, 0.4) is 0 Å². The Balaban J connectivity index is 2.02. The van der Waals surface area contributed by atoms with Crippen LogP contribution in [0.2, 0.25) is 0 Å². The van der Waals surface area contributed by atoms with Gasteiger partial charge in [0.05, 0.1) is 6.61 Å². The zero-order chi connectivity index (χ0) is 14.4. The first-order valence-corrected chi connectivity index (χ1v) is 7.02. The van der Waals surface area contributed by atoms with E-state index in [9.17, 15) is 0 Å². The van der Waals surface area contributed by atoms with Crippen molar-refractivity contribution in [3.63, 3.8) is 0 Å². The van der Waals surface area contributed by atoms with Crippen molar-refractivity contribution in [2.75, 3.05) is 37.5 Å². The maximum Gasteiger partial charge on any atom is 0.323 e. The molecule has 0 unspecified atom stereocenters. The zero-order valence-corrected chi connectivity index (χ0v) is 12.1. The van der Waals surface area contributed by atoms with Gasteiger partial charge >= 0.3 is 6.01 Å². The summed E-state index contributed by atoms with van der Waals surface area (Å²) in [5.74, 6) is 6.19. The van der Waals surface area contributed by atoms with Crippen LogP contribution >= 0.6 is 0 Å². The molecule has 4 N–H and O–H groups in total. The molecule has 1 aromatic heterocycles. The molecule has 0 saturated carbocycles. The highest BCUT2D eigenvalue weighted by Gasteiger charge is 2.18. The molecule has 0 spiro atoms. The molecule has 1 fully saturated rings. The van der Waals surface area contributed by atoms with Crippen molar-refractivity contribution < 1.29 is 4.74 Å². The van der Waals surface area contributed by atoms with Crippen LogP contribution < -0.4 is 21.3 Å². The highest BCUT2D eigenvalue weighted by Crippen LogP contribution is 2.16. The van der Waals surface area contributed by atoms with Gasteiger partial charge in [-0.05, 0) is 39.4 Å². The van der Waals surface area contributed by atoms with Crippen molar-refractivity contribution in [3.8, 4) is 6.01 Å². The molecule has 2 rings (SSSR count). The van der Waals surface area contributed by atoms with E-state index in [1.807, 2.05) is 6.92 Å². The lowest BCUT2D eigenvalue weighted by Gasteiger charge is -2.29. The smallest absolute Gasteiger partial charge is 0.323 e. The fourth-order valence-electron chi connectivity index (χ4n) is 2.08. The van der Waals surface area contributed by atoms with E-state index in [1.165, 1.54) is 0 Å². The van der Waals surface area contributed by atoms with Crippen LogP contribution in [-0.4, -0.2) is 52.6 Å². The minimum Gasteiger partial charge on any atom is -0.463 e. The van der Waals surface area contributed by atoms with Gasteiger partial charge in [0.15, 0.2) is 0 Å². The highest BCUT2D eigenvalue weighted by atomic mass is 16.5. The zero-order valence-electron chi connectivity index (χ0n) is 12.1. The lowest BCUT2D eigenvalue weighted by molar-refractivity contribution is 0.263. The van der Waals surface area contributed by atoms with Crippen molar-refractivity contribution >= 4 is 11.9 Å². The molecular formula is C12H23N7O. The van der Waals surface area contributed by atoms with Gasteiger partial charge in [0.1, 0.15) is 0 Å². The van der Waals surface area contributed by atoms with Crippen molar-refractivity contribution in [1.82, 2.24) is 19.9 Å². The molecule has 20 heavy (non-hydrogen) atoms. The molecule has 0 aromatic carbocycles. The Morgan fingerprint density at radius 1 is 1.25 bits per heavy atom. The number of anilines is 2. The lowest BCUT2D eigenvalue weighted by atomic mass is 10.1. The monoisotopic (exact) mass is 281 g/mol. The Hall–Kier alpha value is -1.67. The van der Waals surface area contributed by atoms with E-state index in [4.69, 9.17) is 10.6 Å². The van der Waals surface area contributed by atoms with Crippen molar-refractivity contribution in [2.45, 2.75) is 32.2 Å². The first kappa shape index (κ1) is 14.7. The van der Waals surface area contributed by atoms with Crippen molar-refractivity contribution in [1.29, 1.82) is 0 Å². The summed E-state index contributed by atoms with van der Waals surface area (Å²) in [7, 11) is 2.13. The number of nitrogens with one attached hydrogen (secondary N) is 2. The summed E-state index contributed by atoms with van der Waals surface area (Å²) in [6, 6.07) is 0.670. The molecule has 0 atom stereocenters. The molecule has 0 radical (unpaired) electrons. The van der Waals surface area contributed by atoms with E-state index in [0.717, 1.165) is 32.4 Å². The third kappa shape index (κ3) is 4.17. The number of piperidine rings is 1. The number of hydrazine groups is 1. The van der Waals surface area contributed by atoms with Gasteiger partial charge in [0.2, 0.25) is 11.9 Å². The first-order valence-electron chi connectivity index (χ1n) is 7.02. The average molecular weight is 281 g/mol. The molecule has 1 aromatic rings. The molecule has 1 saturated heterocycles. The van der Waals surface area contributed by atoms with Crippen molar-refractivity contribution in [2.24, 2.45) is 5.84 Å². The normalized spacial score (nSPS) is 16.9. The molecule has 1 aliphatic heterocycles. The van der Waals surface area contributed by atoms with E-state index in [0.29, 0.717) is 30.6 Å². The largest absolute Gasteiger partial charge is 0.463 e. The van der Waals surface area contributed by atoms with Gasteiger partial charge in [-0.15, -0.1) is 0 Å². The van der Waals surface area contributed by atoms with E-state index in [1.54, 1.807) is 0 Å². The molecule has 112 valence electrons. The van der Waals surface area contributed by atoms with Gasteiger partial charge in [0, 0.05) is 6.04 Å². The molecule has 0 aliphatic carbocycles. The fourth-order valence-corrected chi connectivity index (χ4v) is 2.08. The minimum absolute atomic E-state index is 0.297. The summed E-state index contributed by atoms with van der Waals surface area (Å²) in [4.78, 5) is 14.9. The molecule has 8 heteroatoms. The number of aromatic nitrogens is 3. The molecule has 2 heterocycles. The van der Waals surface area contributed by atoms with Crippen LogP contribution in [-0.2, 0) is 0 Å². The van der Waals surface area contributed by atoms with E-state index in [2.05, 4.69) is 37.6 Å². The van der Waals surface area contributed by atoms with Gasteiger partial charge in [0.25, 0.3) is 0 Å². The summed E-state index contributed by atoms with van der Waals surface area (Å²) in [6.45, 7) is 4.75. The standard InChI is InChI=1S/C12H23N7O/c1-3-8-20-12-16-10(15-11(17-12)18-13)14-9-4-6-19(2)7-5-9/h9H,3-8,13H2,1-2H3,(H2,14,15,16,17,18). The van der Waals surface area contributed by atoms with Crippen LogP contribution in [0, 0.1) is 0 Å². The van der Waals surface area contributed by atoms with Gasteiger partial charge in [-0.1, -0.05) is 6.92 Å². The third-order valence-electron chi connectivity index (χ3n) is 3.23. The van der Waals surface area contributed by atoms with Crippen LogP contribution in [0.1, 0.15) is 26.2 Å². The van der Waals surface area contributed by atoms with Gasteiger partial charge in [-0.2, -0.15) is 15.0 Å². The van der Waals surface area contributed by atoms with Crippen LogP contribution in [0.25, 0.3) is 0 Å². The topological polar surface area (TPSA) is 101 Å². The lowest BCUT2D eigenvalue weighted by Crippen LogP contribution is -2.37. The number of ether oxygens (including phenoxy) is 1. The van der Waals surface area contributed by atoms with Gasteiger partial charge < -0.3 is 15.0 Å². The molecule has 8 nitrogen and oxygen atoms in total. The van der Waals surface area contributed by atoms with Crippen LogP contribution in [0.4, 0.5) is 11.9 Å². The summed E-state index contributed by atoms with van der Waals surface area (Å²) in [5, 5.41) is 3.33. The molecule has 0 amide bonds. The highest BCUT2D eigenvalue weighted by molar-refractivity contribution is 5.35. The van der Waals surface area contributed by atoms with Crippen LogP contribution in [0.15, 0.2) is 0 Å². The molecular weight excluding hydrogens is 258 g/mol. The summed E-state index contributed by atoms with van der Waals surface area (Å²) < 4.78 is 5.44. The number of likely N-dealkylation sites (tertiary alicyclic amines) is 1. The average Bonchev–Trinajstić information content (AvgIpc) is 2.47. The quantitative estimate of drug-likeness (QED) is 0.510. The predicted octanol–water partition coefficient (Wildman–Crippen LogP) is 0.452. The summed E-state index contributed by atoms with van der Waals surface area (Å²) in [5.41, 5.74) is 2.44. The molecule has 1 aliphatic rings. The van der Waals surface area contributed by atoms with Crippen molar-refractivity contribution in [3.05, 3.63) is 0 Å². The second-order valence-electron chi connectivity index (χ2n) is 4.98. The number of nitrogens with two attached hydrogens (primary N) is 1. The number of hydrogen-bond acceptors (Lipinski definition) is 8. The van der Waals surface area contributed by atoms with Gasteiger partial charge in [-0.3, -0.25) is 5.43 Å². The van der Waals surface area contributed by atoms with E-state index >= 15 is 0 Å². The summed E-state index contributed by atoms with van der Waals surface area (Å²) >= 11 is 0. The fraction of sp³-hybridized carbons (Fsp3) is 0.750.